The van der Waals surface area contributed by atoms with Crippen molar-refractivity contribution in [3.63, 3.8) is 0 Å². The second kappa shape index (κ2) is 6.33. The van der Waals surface area contributed by atoms with Gasteiger partial charge in [0.25, 0.3) is 5.91 Å². The molecule has 0 radical (unpaired) electrons. The van der Waals surface area contributed by atoms with Crippen LogP contribution in [0.5, 0.6) is 0 Å². The van der Waals surface area contributed by atoms with Gasteiger partial charge in [-0.3, -0.25) is 14.5 Å². The van der Waals surface area contributed by atoms with E-state index >= 15 is 0 Å². The van der Waals surface area contributed by atoms with E-state index in [-0.39, 0.29) is 30.3 Å². The fourth-order valence-corrected chi connectivity index (χ4v) is 3.35. The van der Waals surface area contributed by atoms with Crippen molar-refractivity contribution in [2.45, 2.75) is 38.3 Å². The first-order chi connectivity index (χ1) is 11.7. The maximum absolute atomic E-state index is 12.6. The van der Waals surface area contributed by atoms with Crippen molar-refractivity contribution in [3.05, 3.63) is 34.9 Å². The van der Waals surface area contributed by atoms with Crippen LogP contribution in [0.4, 0.5) is 4.79 Å². The van der Waals surface area contributed by atoms with E-state index in [1.54, 1.807) is 26.1 Å². The third-order valence-electron chi connectivity index (χ3n) is 5.32. The van der Waals surface area contributed by atoms with Crippen LogP contribution in [0.3, 0.4) is 0 Å². The van der Waals surface area contributed by atoms with Crippen LogP contribution in [-0.4, -0.2) is 46.8 Å². The highest BCUT2D eigenvalue weighted by molar-refractivity contribution is 6.30. The second-order valence-corrected chi connectivity index (χ2v) is 7.47. The summed E-state index contributed by atoms with van der Waals surface area (Å²) in [6, 6.07) is 6.57. The maximum atomic E-state index is 12.6. The summed E-state index contributed by atoms with van der Waals surface area (Å²) in [6.45, 7) is 3.39. The number of halogens is 1. The Bertz CT molecular complexity index is 717. The van der Waals surface area contributed by atoms with Crippen LogP contribution >= 0.6 is 11.6 Å². The molecule has 134 valence electrons. The van der Waals surface area contributed by atoms with E-state index in [2.05, 4.69) is 5.32 Å². The number of imide groups is 1. The zero-order chi connectivity index (χ0) is 18.4. The van der Waals surface area contributed by atoms with E-state index in [1.807, 2.05) is 19.1 Å². The van der Waals surface area contributed by atoms with E-state index in [9.17, 15) is 14.4 Å². The lowest BCUT2D eigenvalue weighted by Crippen LogP contribution is -2.47. The standard InChI is InChI=1S/C18H22ClN3O3/c1-11(12-4-8-14(19)9-5-12)21(3)15(23)10-22-16(24)18(2,13-6-7-13)20-17(22)25/h4-5,8-9,11,13H,6-7,10H2,1-3H3,(H,20,25). The van der Waals surface area contributed by atoms with Gasteiger partial charge >= 0.3 is 6.03 Å². The number of hydrogen-bond donors (Lipinski definition) is 1. The molecule has 1 aromatic rings. The number of amides is 4. The highest BCUT2D eigenvalue weighted by Crippen LogP contribution is 2.42. The summed E-state index contributed by atoms with van der Waals surface area (Å²) in [5.41, 5.74) is 0.0674. The third kappa shape index (κ3) is 3.23. The number of likely N-dealkylation sites (N-methyl/N-ethyl adjacent to an activating group) is 1. The summed E-state index contributed by atoms with van der Waals surface area (Å²) in [5.74, 6) is -0.415. The molecule has 2 fully saturated rings. The van der Waals surface area contributed by atoms with Gasteiger partial charge in [-0.15, -0.1) is 0 Å². The van der Waals surface area contributed by atoms with Crippen molar-refractivity contribution in [3.8, 4) is 0 Å². The van der Waals surface area contributed by atoms with E-state index in [0.29, 0.717) is 5.02 Å². The van der Waals surface area contributed by atoms with Crippen LogP contribution in [0, 0.1) is 5.92 Å². The first-order valence-corrected chi connectivity index (χ1v) is 8.77. The molecule has 1 saturated carbocycles. The first kappa shape index (κ1) is 17.7. The largest absolute Gasteiger partial charge is 0.337 e. The number of hydrogen-bond acceptors (Lipinski definition) is 3. The molecule has 0 bridgehead atoms. The Hall–Kier alpha value is -2.08. The predicted octanol–water partition coefficient (Wildman–Crippen LogP) is 2.58. The van der Waals surface area contributed by atoms with Gasteiger partial charge < -0.3 is 10.2 Å². The zero-order valence-electron chi connectivity index (χ0n) is 14.6. The molecule has 6 nitrogen and oxygen atoms in total. The van der Waals surface area contributed by atoms with Gasteiger partial charge in [-0.2, -0.15) is 0 Å². The van der Waals surface area contributed by atoms with Crippen LogP contribution in [-0.2, 0) is 9.59 Å². The molecule has 1 aliphatic heterocycles. The van der Waals surface area contributed by atoms with Gasteiger partial charge in [-0.25, -0.2) is 4.79 Å². The molecule has 1 aromatic carbocycles. The molecule has 25 heavy (non-hydrogen) atoms. The van der Waals surface area contributed by atoms with Crippen LogP contribution in [0.2, 0.25) is 5.02 Å². The topological polar surface area (TPSA) is 69.7 Å². The van der Waals surface area contributed by atoms with Crippen molar-refractivity contribution in [1.29, 1.82) is 0 Å². The van der Waals surface area contributed by atoms with Crippen molar-refractivity contribution in [2.24, 2.45) is 5.92 Å². The van der Waals surface area contributed by atoms with Crippen molar-refractivity contribution >= 4 is 29.4 Å². The average molecular weight is 364 g/mol. The molecule has 0 aromatic heterocycles. The van der Waals surface area contributed by atoms with Gasteiger partial charge in [0.15, 0.2) is 0 Å². The number of carbonyl (C=O) groups is 3. The summed E-state index contributed by atoms with van der Waals surface area (Å²) < 4.78 is 0. The van der Waals surface area contributed by atoms with E-state index in [1.165, 1.54) is 4.90 Å². The summed E-state index contributed by atoms with van der Waals surface area (Å²) in [6.07, 6.45) is 1.86. The number of nitrogens with one attached hydrogen (secondary N) is 1. The zero-order valence-corrected chi connectivity index (χ0v) is 15.3. The first-order valence-electron chi connectivity index (χ1n) is 8.39. The van der Waals surface area contributed by atoms with Crippen LogP contribution in [0.1, 0.15) is 38.3 Å². The fourth-order valence-electron chi connectivity index (χ4n) is 3.22. The molecule has 1 saturated heterocycles. The lowest BCUT2D eigenvalue weighted by molar-refractivity contribution is -0.139. The van der Waals surface area contributed by atoms with E-state index in [4.69, 9.17) is 11.6 Å². The van der Waals surface area contributed by atoms with E-state index in [0.717, 1.165) is 23.3 Å². The van der Waals surface area contributed by atoms with Gasteiger partial charge in [0.2, 0.25) is 5.91 Å². The quantitative estimate of drug-likeness (QED) is 0.817. The van der Waals surface area contributed by atoms with Gasteiger partial charge in [0, 0.05) is 12.1 Å². The molecular formula is C18H22ClN3O3. The van der Waals surface area contributed by atoms with Crippen LogP contribution in [0.25, 0.3) is 0 Å². The fraction of sp³-hybridized carbons (Fsp3) is 0.500. The summed E-state index contributed by atoms with van der Waals surface area (Å²) >= 11 is 5.89. The second-order valence-electron chi connectivity index (χ2n) is 7.03. The Morgan fingerprint density at radius 2 is 1.96 bits per heavy atom. The third-order valence-corrected chi connectivity index (χ3v) is 5.57. The molecule has 1 aliphatic carbocycles. The molecule has 1 N–H and O–H groups in total. The number of benzene rings is 1. The molecule has 2 unspecified atom stereocenters. The average Bonchev–Trinajstić information content (AvgIpc) is 3.40. The predicted molar refractivity (Wildman–Crippen MR) is 94.0 cm³/mol. The number of urea groups is 1. The Balaban J connectivity index is 1.68. The molecular weight excluding hydrogens is 342 g/mol. The Morgan fingerprint density at radius 3 is 2.52 bits per heavy atom. The number of nitrogens with zero attached hydrogens (tertiary/aromatic N) is 2. The molecule has 1 heterocycles. The SMILES string of the molecule is CC(c1ccc(Cl)cc1)N(C)C(=O)CN1C(=O)NC(C)(C2CC2)C1=O. The van der Waals surface area contributed by atoms with Crippen LogP contribution in [0.15, 0.2) is 24.3 Å². The van der Waals surface area contributed by atoms with Gasteiger partial charge in [-0.05, 0) is 50.3 Å². The minimum absolute atomic E-state index is 0.176. The number of carbonyl (C=O) groups excluding carboxylic acids is 3. The molecule has 4 amide bonds. The monoisotopic (exact) mass is 363 g/mol. The van der Waals surface area contributed by atoms with Crippen molar-refractivity contribution < 1.29 is 14.4 Å². The van der Waals surface area contributed by atoms with E-state index < -0.39 is 11.6 Å². The molecule has 3 rings (SSSR count). The van der Waals surface area contributed by atoms with Crippen molar-refractivity contribution in [2.75, 3.05) is 13.6 Å². The van der Waals surface area contributed by atoms with Gasteiger partial charge in [0.05, 0.1) is 6.04 Å². The Morgan fingerprint density at radius 1 is 1.36 bits per heavy atom. The minimum Gasteiger partial charge on any atom is -0.337 e. The molecule has 0 spiro atoms. The lowest BCUT2D eigenvalue weighted by atomic mass is 9.96. The van der Waals surface area contributed by atoms with Gasteiger partial charge in [-0.1, -0.05) is 23.7 Å². The highest BCUT2D eigenvalue weighted by Gasteiger charge is 2.56. The normalized spacial score (nSPS) is 24.2. The molecule has 7 heteroatoms. The van der Waals surface area contributed by atoms with Crippen LogP contribution < -0.4 is 5.32 Å². The number of rotatable bonds is 5. The lowest BCUT2D eigenvalue weighted by Gasteiger charge is -2.27. The highest BCUT2D eigenvalue weighted by atomic mass is 35.5. The summed E-state index contributed by atoms with van der Waals surface area (Å²) in [7, 11) is 1.67. The molecule has 2 aliphatic rings. The summed E-state index contributed by atoms with van der Waals surface area (Å²) in [4.78, 5) is 40.0. The Labute approximate surface area is 152 Å². The van der Waals surface area contributed by atoms with Crippen molar-refractivity contribution in [1.82, 2.24) is 15.1 Å². The van der Waals surface area contributed by atoms with Gasteiger partial charge in [0.1, 0.15) is 12.1 Å². The molecule has 2 atom stereocenters. The Kier molecular flexibility index (Phi) is 4.49. The smallest absolute Gasteiger partial charge is 0.325 e. The maximum Gasteiger partial charge on any atom is 0.325 e. The summed E-state index contributed by atoms with van der Waals surface area (Å²) in [5, 5.41) is 3.38. The minimum atomic E-state index is -0.863.